The maximum atomic E-state index is 12.7. The number of nitrogens with two attached hydrogens (primary N) is 1. The smallest absolute Gasteiger partial charge is 0.257 e. The van der Waals surface area contributed by atoms with Crippen LogP contribution in [0.4, 0.5) is 5.00 Å². The zero-order valence-corrected chi connectivity index (χ0v) is 12.9. The highest BCUT2D eigenvalue weighted by Crippen LogP contribution is 2.35. The number of ether oxygens (including phenoxy) is 1. The third kappa shape index (κ3) is 2.30. The Bertz CT molecular complexity index is 776. The van der Waals surface area contributed by atoms with Gasteiger partial charge in [0.1, 0.15) is 16.8 Å². The highest BCUT2D eigenvalue weighted by Gasteiger charge is 2.27. The molecular formula is C16H15N3O2S. The molecule has 6 heteroatoms. The molecule has 0 saturated carbocycles. The lowest BCUT2D eigenvalue weighted by Crippen LogP contribution is -2.35. The van der Waals surface area contributed by atoms with Crippen LogP contribution in [-0.2, 0) is 13.0 Å². The van der Waals surface area contributed by atoms with E-state index in [1.807, 2.05) is 12.1 Å². The molecule has 1 aliphatic rings. The molecule has 2 N–H and O–H groups in total. The van der Waals surface area contributed by atoms with Crippen LogP contribution in [-0.4, -0.2) is 24.5 Å². The minimum atomic E-state index is -0.0615. The largest absolute Gasteiger partial charge is 0.496 e. The van der Waals surface area contributed by atoms with E-state index in [0.29, 0.717) is 41.4 Å². The SMILES string of the molecule is COc1ccccc1C(=O)N1CCc2c(sc(N)c2C#N)C1. The molecule has 0 unspecified atom stereocenters. The van der Waals surface area contributed by atoms with Crippen molar-refractivity contribution in [2.24, 2.45) is 0 Å². The minimum Gasteiger partial charge on any atom is -0.496 e. The summed E-state index contributed by atoms with van der Waals surface area (Å²) >= 11 is 1.40. The number of amides is 1. The molecule has 0 bridgehead atoms. The van der Waals surface area contributed by atoms with Crippen LogP contribution in [0, 0.1) is 11.3 Å². The topological polar surface area (TPSA) is 79.3 Å². The maximum Gasteiger partial charge on any atom is 0.257 e. The first-order valence-corrected chi connectivity index (χ1v) is 7.69. The summed E-state index contributed by atoms with van der Waals surface area (Å²) in [6.45, 7) is 1.07. The molecular weight excluding hydrogens is 298 g/mol. The number of hydrogen-bond donors (Lipinski definition) is 1. The van der Waals surface area contributed by atoms with Crippen LogP contribution in [0.5, 0.6) is 5.75 Å². The minimum absolute atomic E-state index is 0.0615. The van der Waals surface area contributed by atoms with Gasteiger partial charge in [0.25, 0.3) is 5.91 Å². The molecule has 0 aliphatic carbocycles. The number of fused-ring (bicyclic) bond motifs is 1. The molecule has 5 nitrogen and oxygen atoms in total. The number of benzene rings is 1. The number of hydrogen-bond acceptors (Lipinski definition) is 5. The standard InChI is InChI=1S/C16H15N3O2S/c1-21-13-5-3-2-4-11(13)16(20)19-7-6-10-12(8-17)15(18)22-14(10)9-19/h2-5H,6-7,9,18H2,1H3. The number of nitrogens with zero attached hydrogens (tertiary/aromatic N) is 2. The van der Waals surface area contributed by atoms with Crippen LogP contribution in [0.25, 0.3) is 0 Å². The summed E-state index contributed by atoms with van der Waals surface area (Å²) in [6, 6.07) is 9.36. The van der Waals surface area contributed by atoms with E-state index in [0.717, 1.165) is 10.4 Å². The molecule has 1 amide bonds. The van der Waals surface area contributed by atoms with Gasteiger partial charge in [0.05, 0.1) is 24.8 Å². The van der Waals surface area contributed by atoms with Crippen molar-refractivity contribution in [3.05, 3.63) is 45.8 Å². The van der Waals surface area contributed by atoms with E-state index in [1.165, 1.54) is 11.3 Å². The Hall–Kier alpha value is -2.52. The lowest BCUT2D eigenvalue weighted by atomic mass is 10.0. The van der Waals surface area contributed by atoms with Gasteiger partial charge in [0.2, 0.25) is 0 Å². The van der Waals surface area contributed by atoms with E-state index in [1.54, 1.807) is 24.1 Å². The van der Waals surface area contributed by atoms with Crippen LogP contribution >= 0.6 is 11.3 Å². The zero-order valence-electron chi connectivity index (χ0n) is 12.1. The molecule has 2 heterocycles. The highest BCUT2D eigenvalue weighted by atomic mass is 32.1. The molecule has 0 fully saturated rings. The number of para-hydroxylation sites is 1. The maximum absolute atomic E-state index is 12.7. The van der Waals surface area contributed by atoms with Gasteiger partial charge in [-0.1, -0.05) is 12.1 Å². The molecule has 0 radical (unpaired) electrons. The van der Waals surface area contributed by atoms with Crippen molar-refractivity contribution < 1.29 is 9.53 Å². The van der Waals surface area contributed by atoms with E-state index >= 15 is 0 Å². The van der Waals surface area contributed by atoms with Gasteiger partial charge in [-0.3, -0.25) is 4.79 Å². The number of carbonyl (C=O) groups excluding carboxylic acids is 1. The van der Waals surface area contributed by atoms with Gasteiger partial charge in [-0.15, -0.1) is 11.3 Å². The summed E-state index contributed by atoms with van der Waals surface area (Å²) in [5.74, 6) is 0.510. The zero-order chi connectivity index (χ0) is 15.7. The second-order valence-electron chi connectivity index (χ2n) is 5.03. The fourth-order valence-electron chi connectivity index (χ4n) is 2.71. The number of rotatable bonds is 2. The summed E-state index contributed by atoms with van der Waals surface area (Å²) in [4.78, 5) is 15.5. The number of nitriles is 1. The summed E-state index contributed by atoms with van der Waals surface area (Å²) in [6.07, 6.45) is 0.660. The number of anilines is 1. The van der Waals surface area contributed by atoms with Gasteiger partial charge >= 0.3 is 0 Å². The van der Waals surface area contributed by atoms with Gasteiger partial charge in [0, 0.05) is 11.4 Å². The Morgan fingerprint density at radius 3 is 2.95 bits per heavy atom. The lowest BCUT2D eigenvalue weighted by Gasteiger charge is -2.27. The first-order chi connectivity index (χ1) is 10.7. The molecule has 0 atom stereocenters. The van der Waals surface area contributed by atoms with Crippen LogP contribution < -0.4 is 10.5 Å². The summed E-state index contributed by atoms with van der Waals surface area (Å²) in [5, 5.41) is 9.71. The molecule has 1 aromatic carbocycles. The van der Waals surface area contributed by atoms with Crippen molar-refractivity contribution in [1.29, 1.82) is 5.26 Å². The van der Waals surface area contributed by atoms with Crippen LogP contribution in [0.2, 0.25) is 0 Å². The van der Waals surface area contributed by atoms with Crippen molar-refractivity contribution in [1.82, 2.24) is 4.90 Å². The van der Waals surface area contributed by atoms with Crippen molar-refractivity contribution in [3.8, 4) is 11.8 Å². The molecule has 0 saturated heterocycles. The average Bonchev–Trinajstić information content (AvgIpc) is 2.88. The van der Waals surface area contributed by atoms with Crippen molar-refractivity contribution in [2.75, 3.05) is 19.4 Å². The Morgan fingerprint density at radius 1 is 1.45 bits per heavy atom. The Labute approximate surface area is 132 Å². The molecule has 1 aromatic heterocycles. The van der Waals surface area contributed by atoms with E-state index in [4.69, 9.17) is 15.7 Å². The van der Waals surface area contributed by atoms with Crippen molar-refractivity contribution in [3.63, 3.8) is 0 Å². The first kappa shape index (κ1) is 14.4. The number of methoxy groups -OCH3 is 1. The fourth-order valence-corrected chi connectivity index (χ4v) is 3.80. The van der Waals surface area contributed by atoms with Crippen LogP contribution in [0.1, 0.15) is 26.4 Å². The predicted octanol–water partition coefficient (Wildman–Crippen LogP) is 2.41. The lowest BCUT2D eigenvalue weighted by molar-refractivity contribution is 0.0733. The third-order valence-corrected chi connectivity index (χ3v) is 4.87. The third-order valence-electron chi connectivity index (χ3n) is 3.82. The van der Waals surface area contributed by atoms with Gasteiger partial charge in [-0.25, -0.2) is 0 Å². The summed E-state index contributed by atoms with van der Waals surface area (Å²) < 4.78 is 5.26. The summed E-state index contributed by atoms with van der Waals surface area (Å²) in [5.41, 5.74) is 8.00. The van der Waals surface area contributed by atoms with Gasteiger partial charge in [-0.2, -0.15) is 5.26 Å². The quantitative estimate of drug-likeness (QED) is 0.923. The first-order valence-electron chi connectivity index (χ1n) is 6.88. The van der Waals surface area contributed by atoms with E-state index in [9.17, 15) is 4.79 Å². The van der Waals surface area contributed by atoms with E-state index < -0.39 is 0 Å². The average molecular weight is 313 g/mol. The molecule has 1 aliphatic heterocycles. The van der Waals surface area contributed by atoms with Gasteiger partial charge in [-0.05, 0) is 24.1 Å². The second kappa shape index (κ2) is 5.70. The molecule has 0 spiro atoms. The van der Waals surface area contributed by atoms with Gasteiger partial charge < -0.3 is 15.4 Å². The second-order valence-corrected chi connectivity index (χ2v) is 6.17. The van der Waals surface area contributed by atoms with Crippen LogP contribution in [0.3, 0.4) is 0 Å². The highest BCUT2D eigenvalue weighted by molar-refractivity contribution is 7.16. The van der Waals surface area contributed by atoms with Crippen molar-refractivity contribution >= 4 is 22.2 Å². The molecule has 22 heavy (non-hydrogen) atoms. The Kier molecular flexibility index (Phi) is 3.73. The monoisotopic (exact) mass is 313 g/mol. The molecule has 112 valence electrons. The van der Waals surface area contributed by atoms with Crippen molar-refractivity contribution in [2.45, 2.75) is 13.0 Å². The Morgan fingerprint density at radius 2 is 2.23 bits per heavy atom. The number of thiophene rings is 1. The van der Waals surface area contributed by atoms with E-state index in [-0.39, 0.29) is 5.91 Å². The number of nitrogen functional groups attached to an aromatic ring is 1. The molecule has 2 aromatic rings. The van der Waals surface area contributed by atoms with E-state index in [2.05, 4.69) is 6.07 Å². The molecule has 3 rings (SSSR count). The summed E-state index contributed by atoms with van der Waals surface area (Å²) in [7, 11) is 1.56. The van der Waals surface area contributed by atoms with Gasteiger partial charge in [0.15, 0.2) is 0 Å². The predicted molar refractivity (Wildman–Crippen MR) is 84.9 cm³/mol. The number of carbonyl (C=O) groups is 1. The normalized spacial score (nSPS) is 13.4. The Balaban J connectivity index is 1.89. The fraction of sp³-hybridized carbons (Fsp3) is 0.250. The van der Waals surface area contributed by atoms with Crippen LogP contribution in [0.15, 0.2) is 24.3 Å².